The Morgan fingerprint density at radius 2 is 1.89 bits per heavy atom. The van der Waals surface area contributed by atoms with Crippen LogP contribution in [0.3, 0.4) is 0 Å². The number of carbonyl (C=O) groups is 1. The number of nitrogens with zero attached hydrogens (tertiary/aromatic N) is 2. The number of benzene rings is 2. The van der Waals surface area contributed by atoms with Crippen molar-refractivity contribution in [1.29, 1.82) is 0 Å². The largest absolute Gasteiger partial charge is 0.461 e. The zero-order chi connectivity index (χ0) is 18.9. The van der Waals surface area contributed by atoms with E-state index in [1.54, 1.807) is 0 Å². The van der Waals surface area contributed by atoms with Crippen LogP contribution < -0.4 is 4.90 Å². The summed E-state index contributed by atoms with van der Waals surface area (Å²) in [4.78, 5) is 19.8. The van der Waals surface area contributed by atoms with Crippen molar-refractivity contribution in [1.82, 2.24) is 0 Å². The van der Waals surface area contributed by atoms with Gasteiger partial charge in [-0.3, -0.25) is 4.79 Å². The zero-order valence-electron chi connectivity index (χ0n) is 15.5. The monoisotopic (exact) mass is 360 g/mol. The van der Waals surface area contributed by atoms with Crippen LogP contribution in [0.15, 0.2) is 45.8 Å². The van der Waals surface area contributed by atoms with E-state index in [-0.39, 0.29) is 5.78 Å². The number of aliphatic hydroxyl groups is 1. The Hall–Kier alpha value is -2.92. The summed E-state index contributed by atoms with van der Waals surface area (Å²) < 4.78 is 5.65. The molecule has 2 aliphatic rings. The van der Waals surface area contributed by atoms with Crippen LogP contribution in [0.2, 0.25) is 0 Å². The van der Waals surface area contributed by atoms with Crippen LogP contribution in [-0.2, 0) is 0 Å². The molecule has 5 nitrogen and oxygen atoms in total. The third kappa shape index (κ3) is 2.21. The maximum Gasteiger partial charge on any atom is 0.204 e. The second kappa shape index (κ2) is 5.30. The second-order valence-corrected chi connectivity index (χ2v) is 7.56. The Bertz CT molecular complexity index is 1160. The summed E-state index contributed by atoms with van der Waals surface area (Å²) in [5.41, 5.74) is 3.41. The van der Waals surface area contributed by atoms with Crippen LogP contribution in [0.25, 0.3) is 11.0 Å². The minimum Gasteiger partial charge on any atom is -0.461 e. The SMILES string of the molecule is Cc1cc2cc(N3CCC4(O)C(=O)c5cc(C)c(C)cc5N=C34)ccc2o1. The molecule has 5 heteroatoms. The molecule has 0 spiro atoms. The van der Waals surface area contributed by atoms with Crippen molar-refractivity contribution in [2.45, 2.75) is 32.8 Å². The normalized spacial score (nSPS) is 21.4. The maximum absolute atomic E-state index is 13.1. The number of furan rings is 1. The molecule has 0 saturated carbocycles. The van der Waals surface area contributed by atoms with Crippen molar-refractivity contribution in [2.75, 3.05) is 11.4 Å². The van der Waals surface area contributed by atoms with Gasteiger partial charge < -0.3 is 14.4 Å². The first-order chi connectivity index (χ1) is 12.9. The molecule has 3 aromatic rings. The van der Waals surface area contributed by atoms with Crippen LogP contribution in [0.1, 0.15) is 33.7 Å². The summed E-state index contributed by atoms with van der Waals surface area (Å²) in [7, 11) is 0. The van der Waals surface area contributed by atoms with Gasteiger partial charge in [0.05, 0.1) is 5.69 Å². The molecule has 1 N–H and O–H groups in total. The molecule has 0 bridgehead atoms. The van der Waals surface area contributed by atoms with Crippen molar-refractivity contribution in [3.8, 4) is 0 Å². The van der Waals surface area contributed by atoms with Crippen molar-refractivity contribution in [3.63, 3.8) is 0 Å². The first-order valence-corrected chi connectivity index (χ1v) is 9.12. The molecular formula is C22H20N2O3. The van der Waals surface area contributed by atoms with Crippen LogP contribution in [0, 0.1) is 20.8 Å². The van der Waals surface area contributed by atoms with Gasteiger partial charge in [-0.25, -0.2) is 4.99 Å². The van der Waals surface area contributed by atoms with Gasteiger partial charge in [-0.2, -0.15) is 0 Å². The van der Waals surface area contributed by atoms with Gasteiger partial charge in [0.1, 0.15) is 17.2 Å². The lowest BCUT2D eigenvalue weighted by molar-refractivity contribution is 0.0602. The lowest BCUT2D eigenvalue weighted by atomic mass is 9.86. The molecule has 2 aromatic carbocycles. The first-order valence-electron chi connectivity index (χ1n) is 9.12. The Morgan fingerprint density at radius 1 is 1.11 bits per heavy atom. The molecule has 1 unspecified atom stereocenters. The molecule has 136 valence electrons. The van der Waals surface area contributed by atoms with E-state index in [9.17, 15) is 9.90 Å². The topological polar surface area (TPSA) is 66.0 Å². The maximum atomic E-state index is 13.1. The minimum atomic E-state index is -1.56. The summed E-state index contributed by atoms with van der Waals surface area (Å²) in [5.74, 6) is 1.01. The lowest BCUT2D eigenvalue weighted by Gasteiger charge is -2.30. The molecule has 0 aliphatic carbocycles. The van der Waals surface area contributed by atoms with Gasteiger partial charge in [-0.1, -0.05) is 0 Å². The summed E-state index contributed by atoms with van der Waals surface area (Å²) in [6.07, 6.45) is 0.333. The van der Waals surface area contributed by atoms with E-state index in [1.807, 2.05) is 62.1 Å². The molecule has 1 saturated heterocycles. The molecule has 0 radical (unpaired) electrons. The third-order valence-corrected chi connectivity index (χ3v) is 5.72. The number of aryl methyl sites for hydroxylation is 3. The van der Waals surface area contributed by atoms with E-state index in [1.165, 1.54) is 0 Å². The van der Waals surface area contributed by atoms with Crippen LogP contribution in [-0.4, -0.2) is 28.9 Å². The minimum absolute atomic E-state index is 0.256. The fourth-order valence-electron chi connectivity index (χ4n) is 4.08. The van der Waals surface area contributed by atoms with Gasteiger partial charge in [0.15, 0.2) is 5.60 Å². The average Bonchev–Trinajstić information content (AvgIpc) is 3.16. The summed E-state index contributed by atoms with van der Waals surface area (Å²) in [5, 5.41) is 12.2. The molecule has 5 rings (SSSR count). The smallest absolute Gasteiger partial charge is 0.204 e. The van der Waals surface area contributed by atoms with E-state index in [0.29, 0.717) is 30.1 Å². The second-order valence-electron chi connectivity index (χ2n) is 7.56. The van der Waals surface area contributed by atoms with Crippen molar-refractivity contribution in [2.24, 2.45) is 4.99 Å². The number of rotatable bonds is 1. The predicted molar refractivity (Wildman–Crippen MR) is 105 cm³/mol. The van der Waals surface area contributed by atoms with Crippen LogP contribution in [0.5, 0.6) is 0 Å². The van der Waals surface area contributed by atoms with Gasteiger partial charge in [0, 0.05) is 29.6 Å². The Labute approximate surface area is 156 Å². The van der Waals surface area contributed by atoms with E-state index in [4.69, 9.17) is 9.41 Å². The zero-order valence-corrected chi connectivity index (χ0v) is 15.5. The molecule has 1 fully saturated rings. The van der Waals surface area contributed by atoms with E-state index < -0.39 is 5.60 Å². The molecule has 1 atom stereocenters. The number of aliphatic imine (C=N–C) groups is 1. The number of carbonyl (C=O) groups excluding carboxylic acids is 1. The lowest BCUT2D eigenvalue weighted by Crippen LogP contribution is -2.48. The van der Waals surface area contributed by atoms with E-state index in [0.717, 1.165) is 33.5 Å². The standard InChI is InChI=1S/C22H20N2O3/c1-12-8-17-18(9-13(12)2)23-21-22(26,20(17)25)6-7-24(21)16-4-5-19-15(11-16)10-14(3)27-19/h4-5,8-11,26H,6-7H2,1-3H3. The quantitative estimate of drug-likeness (QED) is 0.705. The van der Waals surface area contributed by atoms with Gasteiger partial charge in [-0.15, -0.1) is 0 Å². The van der Waals surface area contributed by atoms with Gasteiger partial charge in [0.25, 0.3) is 0 Å². The third-order valence-electron chi connectivity index (χ3n) is 5.72. The molecule has 3 heterocycles. The number of Topliss-reactive ketones (excluding diaryl/α,β-unsaturated/α-hetero) is 1. The van der Waals surface area contributed by atoms with Gasteiger partial charge in [-0.05, 0) is 68.3 Å². The first kappa shape index (κ1) is 16.3. The highest BCUT2D eigenvalue weighted by atomic mass is 16.3. The molecule has 0 amide bonds. The molecular weight excluding hydrogens is 340 g/mol. The Kier molecular flexibility index (Phi) is 3.19. The van der Waals surface area contributed by atoms with Crippen molar-refractivity contribution >= 4 is 34.0 Å². The summed E-state index contributed by atoms with van der Waals surface area (Å²) >= 11 is 0. The number of hydrogen-bond acceptors (Lipinski definition) is 5. The molecule has 2 aliphatic heterocycles. The Balaban J connectivity index is 1.66. The number of hydrogen-bond donors (Lipinski definition) is 1. The fraction of sp³-hybridized carbons (Fsp3) is 0.273. The number of amidine groups is 1. The average molecular weight is 360 g/mol. The number of fused-ring (bicyclic) bond motifs is 3. The van der Waals surface area contributed by atoms with E-state index >= 15 is 0 Å². The summed E-state index contributed by atoms with van der Waals surface area (Å²) in [6.45, 7) is 6.42. The van der Waals surface area contributed by atoms with Crippen LogP contribution >= 0.6 is 0 Å². The van der Waals surface area contributed by atoms with Gasteiger partial charge in [0.2, 0.25) is 5.78 Å². The van der Waals surface area contributed by atoms with Crippen molar-refractivity contribution in [3.05, 3.63) is 58.8 Å². The molecule has 1 aromatic heterocycles. The highest BCUT2D eigenvalue weighted by Crippen LogP contribution is 2.40. The Morgan fingerprint density at radius 3 is 2.70 bits per heavy atom. The van der Waals surface area contributed by atoms with E-state index in [2.05, 4.69) is 0 Å². The number of anilines is 1. The summed E-state index contributed by atoms with van der Waals surface area (Å²) in [6, 6.07) is 11.6. The van der Waals surface area contributed by atoms with Crippen LogP contribution in [0.4, 0.5) is 11.4 Å². The number of ketones is 1. The highest BCUT2D eigenvalue weighted by molar-refractivity contribution is 6.28. The predicted octanol–water partition coefficient (Wildman–Crippen LogP) is 4.23. The highest BCUT2D eigenvalue weighted by Gasteiger charge is 2.52. The fourth-order valence-corrected chi connectivity index (χ4v) is 4.08. The van der Waals surface area contributed by atoms with Crippen molar-refractivity contribution < 1.29 is 14.3 Å². The van der Waals surface area contributed by atoms with Gasteiger partial charge >= 0.3 is 0 Å². The molecule has 27 heavy (non-hydrogen) atoms.